The molecule has 2 atom stereocenters. The highest BCUT2D eigenvalue weighted by atomic mass is 16.5. The predicted octanol–water partition coefficient (Wildman–Crippen LogP) is 2.97. The summed E-state index contributed by atoms with van der Waals surface area (Å²) in [5.41, 5.74) is 2.16. The lowest BCUT2D eigenvalue weighted by atomic mass is 9.78. The molecule has 160 valence electrons. The third-order valence-corrected chi connectivity index (χ3v) is 5.63. The number of rotatable bonds is 2. The molecule has 1 aromatic carbocycles. The first-order valence-corrected chi connectivity index (χ1v) is 10.2. The Kier molecular flexibility index (Phi) is 5.10. The number of ether oxygens (including phenoxy) is 3. The van der Waals surface area contributed by atoms with E-state index in [4.69, 9.17) is 14.2 Å². The molecule has 0 spiro atoms. The predicted molar refractivity (Wildman–Crippen MR) is 111 cm³/mol. The number of benzene rings is 1. The van der Waals surface area contributed by atoms with Crippen LogP contribution in [-0.2, 0) is 11.2 Å². The summed E-state index contributed by atoms with van der Waals surface area (Å²) >= 11 is 0. The Morgan fingerprint density at radius 3 is 2.50 bits per heavy atom. The van der Waals surface area contributed by atoms with E-state index in [1.54, 1.807) is 13.1 Å². The molecule has 0 saturated carbocycles. The van der Waals surface area contributed by atoms with E-state index in [9.17, 15) is 14.7 Å². The zero-order valence-corrected chi connectivity index (χ0v) is 17.7. The minimum atomic E-state index is -0.696. The fourth-order valence-corrected chi connectivity index (χ4v) is 4.07. The Morgan fingerprint density at radius 1 is 1.20 bits per heavy atom. The van der Waals surface area contributed by atoms with E-state index in [1.807, 2.05) is 16.7 Å². The van der Waals surface area contributed by atoms with Gasteiger partial charge < -0.3 is 23.9 Å². The number of carbonyl (C=O) groups excluding carboxylic acids is 1. The summed E-state index contributed by atoms with van der Waals surface area (Å²) in [5, 5.41) is 9.86. The molecule has 0 radical (unpaired) electrons. The fraction of sp³-hybridized carbons (Fsp3) is 0.478. The van der Waals surface area contributed by atoms with Gasteiger partial charge in [-0.15, -0.1) is 0 Å². The monoisotopic (exact) mass is 413 g/mol. The highest BCUT2D eigenvalue weighted by Crippen LogP contribution is 2.46. The number of esters is 1. The fourth-order valence-electron chi connectivity index (χ4n) is 4.07. The average Bonchev–Trinajstić information content (AvgIpc) is 2.86. The Morgan fingerprint density at radius 2 is 1.87 bits per heavy atom. The van der Waals surface area contributed by atoms with Gasteiger partial charge >= 0.3 is 5.97 Å². The van der Waals surface area contributed by atoms with E-state index in [1.165, 1.54) is 6.07 Å². The highest BCUT2D eigenvalue weighted by molar-refractivity contribution is 5.89. The molecule has 1 aromatic heterocycles. The van der Waals surface area contributed by atoms with Crippen LogP contribution < -0.4 is 14.9 Å². The van der Waals surface area contributed by atoms with Crippen molar-refractivity contribution in [1.82, 2.24) is 4.57 Å². The van der Waals surface area contributed by atoms with Crippen molar-refractivity contribution < 1.29 is 24.1 Å². The molecular weight excluding hydrogens is 386 g/mol. The molecule has 2 aliphatic heterocycles. The third kappa shape index (κ3) is 3.58. The molecule has 0 saturated heterocycles. The van der Waals surface area contributed by atoms with Crippen molar-refractivity contribution in [3.63, 3.8) is 0 Å². The molecule has 30 heavy (non-hydrogen) atoms. The van der Waals surface area contributed by atoms with Gasteiger partial charge in [0.2, 0.25) is 0 Å². The van der Waals surface area contributed by atoms with Gasteiger partial charge in [-0.2, -0.15) is 0 Å². The number of carbonyl (C=O) groups is 1. The SMILES string of the molecule is CCOC(=O)c1cn2c(cc1=O)-c1cc3c(cc1CC2C(C)(C)C)OCC(O)CO3. The van der Waals surface area contributed by atoms with Gasteiger partial charge in [0.15, 0.2) is 16.9 Å². The maximum atomic E-state index is 12.8. The van der Waals surface area contributed by atoms with Crippen LogP contribution in [0.2, 0.25) is 0 Å². The molecule has 0 bridgehead atoms. The van der Waals surface area contributed by atoms with Crippen LogP contribution in [0.5, 0.6) is 11.5 Å². The lowest BCUT2D eigenvalue weighted by Gasteiger charge is -2.39. The van der Waals surface area contributed by atoms with Gasteiger partial charge in [0.25, 0.3) is 0 Å². The molecule has 3 heterocycles. The standard InChI is InChI=1S/C23H27NO6/c1-5-28-22(27)16-10-24-17(9-18(16)26)15-8-20-19(29-11-14(25)12-30-20)6-13(15)7-21(24)23(2,3)4/h6,8-10,14,21,25H,5,7,11-12H2,1-4H3. The summed E-state index contributed by atoms with van der Waals surface area (Å²) in [6, 6.07) is 5.32. The smallest absolute Gasteiger partial charge is 0.343 e. The number of pyridine rings is 1. The maximum absolute atomic E-state index is 12.8. The van der Waals surface area contributed by atoms with Gasteiger partial charge in [0.1, 0.15) is 24.9 Å². The van der Waals surface area contributed by atoms with Crippen molar-refractivity contribution in [3.05, 3.63) is 45.7 Å². The van der Waals surface area contributed by atoms with Crippen LogP contribution in [0.15, 0.2) is 29.2 Å². The zero-order valence-electron chi connectivity index (χ0n) is 17.7. The van der Waals surface area contributed by atoms with Crippen LogP contribution >= 0.6 is 0 Å². The Hall–Kier alpha value is -2.80. The van der Waals surface area contributed by atoms with Crippen molar-refractivity contribution in [2.45, 2.75) is 46.3 Å². The number of aliphatic hydroxyl groups is 1. The van der Waals surface area contributed by atoms with Crippen molar-refractivity contribution in [2.75, 3.05) is 19.8 Å². The van der Waals surface area contributed by atoms with Crippen LogP contribution in [0.25, 0.3) is 11.3 Å². The zero-order chi connectivity index (χ0) is 21.6. The highest BCUT2D eigenvalue weighted by Gasteiger charge is 2.34. The second-order valence-electron chi connectivity index (χ2n) is 8.88. The molecule has 2 aliphatic rings. The van der Waals surface area contributed by atoms with Crippen molar-refractivity contribution in [2.24, 2.45) is 5.41 Å². The summed E-state index contributed by atoms with van der Waals surface area (Å²) < 4.78 is 18.5. The van der Waals surface area contributed by atoms with E-state index in [2.05, 4.69) is 20.8 Å². The van der Waals surface area contributed by atoms with Crippen LogP contribution in [0.3, 0.4) is 0 Å². The summed E-state index contributed by atoms with van der Waals surface area (Å²) in [5.74, 6) is 0.522. The van der Waals surface area contributed by atoms with E-state index < -0.39 is 12.1 Å². The molecule has 0 fully saturated rings. The molecular formula is C23H27NO6. The summed E-state index contributed by atoms with van der Waals surface area (Å²) in [6.07, 6.45) is 1.64. The van der Waals surface area contributed by atoms with Crippen LogP contribution in [0.4, 0.5) is 0 Å². The molecule has 1 N–H and O–H groups in total. The molecule has 2 unspecified atom stereocenters. The van der Waals surface area contributed by atoms with Crippen LogP contribution in [0.1, 0.15) is 49.7 Å². The number of hydrogen-bond acceptors (Lipinski definition) is 6. The van der Waals surface area contributed by atoms with Crippen LogP contribution in [0, 0.1) is 5.41 Å². The van der Waals surface area contributed by atoms with E-state index in [0.717, 1.165) is 16.8 Å². The number of hydrogen-bond donors (Lipinski definition) is 1. The first-order valence-electron chi connectivity index (χ1n) is 10.2. The normalized spacial score (nSPS) is 20.0. The number of aliphatic hydroxyl groups excluding tert-OH is 1. The lowest BCUT2D eigenvalue weighted by molar-refractivity contribution is 0.0523. The Balaban J connectivity index is 1.90. The Labute approximate surface area is 175 Å². The molecule has 4 rings (SSSR count). The lowest BCUT2D eigenvalue weighted by Crippen LogP contribution is -2.33. The summed E-state index contributed by atoms with van der Waals surface area (Å²) in [6.45, 7) is 8.64. The Bertz CT molecular complexity index is 1050. The van der Waals surface area contributed by atoms with E-state index in [-0.39, 0.29) is 42.3 Å². The summed E-state index contributed by atoms with van der Waals surface area (Å²) in [7, 11) is 0. The maximum Gasteiger partial charge on any atom is 0.343 e. The number of aromatic nitrogens is 1. The third-order valence-electron chi connectivity index (χ3n) is 5.63. The second kappa shape index (κ2) is 7.47. The largest absolute Gasteiger partial charge is 0.487 e. The van der Waals surface area contributed by atoms with Crippen molar-refractivity contribution >= 4 is 5.97 Å². The van der Waals surface area contributed by atoms with Crippen molar-refractivity contribution in [1.29, 1.82) is 0 Å². The average molecular weight is 413 g/mol. The second-order valence-corrected chi connectivity index (χ2v) is 8.88. The topological polar surface area (TPSA) is 87.0 Å². The van der Waals surface area contributed by atoms with Gasteiger partial charge in [-0.1, -0.05) is 20.8 Å². The molecule has 0 aliphatic carbocycles. The molecule has 7 heteroatoms. The first kappa shape index (κ1) is 20.5. The molecule has 7 nitrogen and oxygen atoms in total. The van der Waals surface area contributed by atoms with Crippen molar-refractivity contribution in [3.8, 4) is 22.8 Å². The van der Waals surface area contributed by atoms with Gasteiger partial charge in [-0.05, 0) is 36.5 Å². The molecule has 0 amide bonds. The van der Waals surface area contributed by atoms with E-state index in [0.29, 0.717) is 17.9 Å². The minimum absolute atomic E-state index is 0.0177. The first-order chi connectivity index (χ1) is 14.2. The number of fused-ring (bicyclic) bond motifs is 4. The van der Waals surface area contributed by atoms with Gasteiger partial charge in [0, 0.05) is 23.9 Å². The van der Waals surface area contributed by atoms with Gasteiger partial charge in [-0.25, -0.2) is 4.79 Å². The number of nitrogens with zero attached hydrogens (tertiary/aromatic N) is 1. The quantitative estimate of drug-likeness (QED) is 0.762. The summed E-state index contributed by atoms with van der Waals surface area (Å²) in [4.78, 5) is 25.1. The van der Waals surface area contributed by atoms with Gasteiger partial charge in [-0.3, -0.25) is 4.79 Å². The molecule has 2 aromatic rings. The minimum Gasteiger partial charge on any atom is -0.487 e. The van der Waals surface area contributed by atoms with E-state index >= 15 is 0 Å². The van der Waals surface area contributed by atoms with Crippen LogP contribution in [-0.4, -0.2) is 41.6 Å². The van der Waals surface area contributed by atoms with Gasteiger partial charge in [0.05, 0.1) is 12.3 Å².